The average molecular weight is 194 g/mol. The molecule has 4 heteroatoms. The number of hydrogen-bond acceptors (Lipinski definition) is 2. The van der Waals surface area contributed by atoms with Gasteiger partial charge < -0.3 is 4.90 Å². The Hall–Kier alpha value is -1.45. The van der Waals surface area contributed by atoms with E-state index >= 15 is 0 Å². The van der Waals surface area contributed by atoms with E-state index in [9.17, 15) is 9.18 Å². The monoisotopic (exact) mass is 194 g/mol. The minimum atomic E-state index is -0.480. The Morgan fingerprint density at radius 1 is 1.57 bits per heavy atom. The van der Waals surface area contributed by atoms with Gasteiger partial charge in [0.2, 0.25) is 11.9 Å². The van der Waals surface area contributed by atoms with Crippen LogP contribution in [0.15, 0.2) is 18.3 Å². The Morgan fingerprint density at radius 2 is 2.36 bits per heavy atom. The van der Waals surface area contributed by atoms with Crippen molar-refractivity contribution >= 4 is 5.91 Å². The molecule has 1 aromatic heterocycles. The van der Waals surface area contributed by atoms with E-state index in [1.54, 1.807) is 18.0 Å². The van der Waals surface area contributed by atoms with Gasteiger partial charge in [0.1, 0.15) is 0 Å². The van der Waals surface area contributed by atoms with Gasteiger partial charge in [-0.3, -0.25) is 4.79 Å². The van der Waals surface area contributed by atoms with Gasteiger partial charge in [0, 0.05) is 32.1 Å². The number of carbonyl (C=O) groups excluding carboxylic acids is 1. The van der Waals surface area contributed by atoms with Crippen LogP contribution >= 0.6 is 0 Å². The molecule has 1 fully saturated rings. The van der Waals surface area contributed by atoms with Crippen LogP contribution in [-0.4, -0.2) is 29.4 Å². The summed E-state index contributed by atoms with van der Waals surface area (Å²) >= 11 is 0. The summed E-state index contributed by atoms with van der Waals surface area (Å²) < 4.78 is 12.5. The van der Waals surface area contributed by atoms with Crippen molar-refractivity contribution in [3.8, 4) is 0 Å². The maximum absolute atomic E-state index is 12.5. The third kappa shape index (κ3) is 1.60. The van der Waals surface area contributed by atoms with Gasteiger partial charge in [-0.2, -0.15) is 4.39 Å². The van der Waals surface area contributed by atoms with Gasteiger partial charge in [-0.15, -0.1) is 0 Å². The van der Waals surface area contributed by atoms with E-state index in [2.05, 4.69) is 4.98 Å². The van der Waals surface area contributed by atoms with Crippen molar-refractivity contribution in [2.45, 2.75) is 12.3 Å². The number of pyridine rings is 1. The second-order valence-electron chi connectivity index (χ2n) is 3.59. The van der Waals surface area contributed by atoms with Crippen LogP contribution in [0.5, 0.6) is 0 Å². The van der Waals surface area contributed by atoms with Gasteiger partial charge in [0.25, 0.3) is 0 Å². The van der Waals surface area contributed by atoms with Crippen molar-refractivity contribution in [3.63, 3.8) is 0 Å². The van der Waals surface area contributed by atoms with Gasteiger partial charge in [-0.05, 0) is 11.6 Å². The molecule has 0 aromatic carbocycles. The highest BCUT2D eigenvalue weighted by Gasteiger charge is 2.27. The first-order valence-corrected chi connectivity index (χ1v) is 4.52. The van der Waals surface area contributed by atoms with E-state index in [-0.39, 0.29) is 11.8 Å². The topological polar surface area (TPSA) is 33.2 Å². The smallest absolute Gasteiger partial charge is 0.223 e. The number of likely N-dealkylation sites (tertiary alicyclic amines) is 1. The van der Waals surface area contributed by atoms with Crippen LogP contribution in [0, 0.1) is 5.95 Å². The molecule has 1 aliphatic heterocycles. The van der Waals surface area contributed by atoms with Crippen molar-refractivity contribution in [2.75, 3.05) is 13.6 Å². The van der Waals surface area contributed by atoms with Crippen molar-refractivity contribution in [1.82, 2.24) is 9.88 Å². The zero-order chi connectivity index (χ0) is 10.1. The van der Waals surface area contributed by atoms with Crippen LogP contribution in [0.4, 0.5) is 4.39 Å². The largest absolute Gasteiger partial charge is 0.345 e. The molecule has 0 spiro atoms. The molecule has 74 valence electrons. The minimum Gasteiger partial charge on any atom is -0.345 e. The van der Waals surface area contributed by atoms with E-state index in [4.69, 9.17) is 0 Å². The maximum atomic E-state index is 12.5. The molecule has 2 heterocycles. The van der Waals surface area contributed by atoms with Gasteiger partial charge in [0.05, 0.1) is 0 Å². The summed E-state index contributed by atoms with van der Waals surface area (Å²) in [6.45, 7) is 0.701. The Kier molecular flexibility index (Phi) is 2.19. The molecule has 2 rings (SSSR count). The van der Waals surface area contributed by atoms with Gasteiger partial charge in [-0.1, -0.05) is 6.07 Å². The van der Waals surface area contributed by atoms with Gasteiger partial charge in [0.15, 0.2) is 0 Å². The normalized spacial score (nSPS) is 21.7. The molecule has 1 saturated heterocycles. The third-order valence-electron chi connectivity index (χ3n) is 2.56. The molecule has 1 amide bonds. The Labute approximate surface area is 81.6 Å². The SMILES string of the molecule is CN1C[C@@H](c2ccc(F)nc2)CC1=O. The van der Waals surface area contributed by atoms with Crippen LogP contribution in [0.1, 0.15) is 17.9 Å². The first kappa shape index (κ1) is 9.12. The van der Waals surface area contributed by atoms with E-state index in [1.165, 1.54) is 12.3 Å². The fraction of sp³-hybridized carbons (Fsp3) is 0.400. The standard InChI is InChI=1S/C10H11FN2O/c1-13-6-8(4-10(13)14)7-2-3-9(11)12-5-7/h2-3,5,8H,4,6H2,1H3/t8-/m0/s1. The predicted octanol–water partition coefficient (Wildman–Crippen LogP) is 1.17. The minimum absolute atomic E-state index is 0.138. The second kappa shape index (κ2) is 3.36. The lowest BCUT2D eigenvalue weighted by atomic mass is 10.0. The lowest BCUT2D eigenvalue weighted by Crippen LogP contribution is -2.18. The Morgan fingerprint density at radius 3 is 2.86 bits per heavy atom. The number of halogens is 1. The summed E-state index contributed by atoms with van der Waals surface area (Å²) in [5, 5.41) is 0. The van der Waals surface area contributed by atoms with Crippen molar-refractivity contribution in [3.05, 3.63) is 29.8 Å². The average Bonchev–Trinajstić information content (AvgIpc) is 2.48. The molecular weight excluding hydrogens is 183 g/mol. The molecule has 0 saturated carbocycles. The number of likely N-dealkylation sites (N-methyl/N-ethyl adjacent to an activating group) is 1. The molecule has 1 aliphatic rings. The molecule has 1 atom stereocenters. The van der Waals surface area contributed by atoms with Crippen LogP contribution in [0.25, 0.3) is 0 Å². The summed E-state index contributed by atoms with van der Waals surface area (Å²) in [5.41, 5.74) is 0.934. The quantitative estimate of drug-likeness (QED) is 0.629. The molecule has 0 N–H and O–H groups in total. The molecule has 0 aliphatic carbocycles. The highest BCUT2D eigenvalue weighted by molar-refractivity contribution is 5.79. The van der Waals surface area contributed by atoms with Crippen molar-refractivity contribution < 1.29 is 9.18 Å². The number of carbonyl (C=O) groups is 1. The number of nitrogens with zero attached hydrogens (tertiary/aromatic N) is 2. The molecule has 0 radical (unpaired) electrons. The molecular formula is C10H11FN2O. The summed E-state index contributed by atoms with van der Waals surface area (Å²) in [6.07, 6.45) is 2.01. The lowest BCUT2D eigenvalue weighted by molar-refractivity contribution is -0.126. The van der Waals surface area contributed by atoms with Crippen LogP contribution in [-0.2, 0) is 4.79 Å². The van der Waals surface area contributed by atoms with E-state index in [0.717, 1.165) is 5.56 Å². The Bertz CT molecular complexity index is 350. The lowest BCUT2D eigenvalue weighted by Gasteiger charge is -2.09. The zero-order valence-corrected chi connectivity index (χ0v) is 7.90. The second-order valence-corrected chi connectivity index (χ2v) is 3.59. The molecule has 0 unspecified atom stereocenters. The van der Waals surface area contributed by atoms with Crippen LogP contribution in [0.2, 0.25) is 0 Å². The van der Waals surface area contributed by atoms with Crippen molar-refractivity contribution in [1.29, 1.82) is 0 Å². The Balaban J connectivity index is 2.17. The predicted molar refractivity (Wildman–Crippen MR) is 49.2 cm³/mol. The first-order valence-electron chi connectivity index (χ1n) is 4.52. The fourth-order valence-corrected chi connectivity index (χ4v) is 1.72. The third-order valence-corrected chi connectivity index (χ3v) is 2.56. The summed E-state index contributed by atoms with van der Waals surface area (Å²) in [4.78, 5) is 16.5. The fourth-order valence-electron chi connectivity index (χ4n) is 1.72. The highest BCUT2D eigenvalue weighted by atomic mass is 19.1. The van der Waals surface area contributed by atoms with Gasteiger partial charge in [-0.25, -0.2) is 4.98 Å². The molecule has 3 nitrogen and oxygen atoms in total. The molecule has 0 bridgehead atoms. The summed E-state index contributed by atoms with van der Waals surface area (Å²) in [5.74, 6) is -0.175. The van der Waals surface area contributed by atoms with E-state index in [1.807, 2.05) is 0 Å². The van der Waals surface area contributed by atoms with Gasteiger partial charge >= 0.3 is 0 Å². The number of aromatic nitrogens is 1. The number of rotatable bonds is 1. The van der Waals surface area contributed by atoms with Crippen molar-refractivity contribution in [2.24, 2.45) is 0 Å². The van der Waals surface area contributed by atoms with E-state index in [0.29, 0.717) is 13.0 Å². The molecule has 1 aromatic rings. The summed E-state index contributed by atoms with van der Waals surface area (Å²) in [7, 11) is 1.78. The zero-order valence-electron chi connectivity index (χ0n) is 7.90. The van der Waals surface area contributed by atoms with E-state index < -0.39 is 5.95 Å². The maximum Gasteiger partial charge on any atom is 0.223 e. The molecule has 14 heavy (non-hydrogen) atoms. The number of amides is 1. The number of hydrogen-bond donors (Lipinski definition) is 0. The first-order chi connectivity index (χ1) is 6.66. The van der Waals surface area contributed by atoms with Crippen LogP contribution in [0.3, 0.4) is 0 Å². The summed E-state index contributed by atoms with van der Waals surface area (Å²) in [6, 6.07) is 3.03. The van der Waals surface area contributed by atoms with Crippen LogP contribution < -0.4 is 0 Å². The highest BCUT2D eigenvalue weighted by Crippen LogP contribution is 2.26.